The van der Waals surface area contributed by atoms with Crippen molar-refractivity contribution >= 4 is 39.8 Å². The van der Waals surface area contributed by atoms with Crippen LogP contribution in [0.4, 0.5) is 5.69 Å². The van der Waals surface area contributed by atoms with Gasteiger partial charge in [-0.2, -0.15) is 0 Å². The average Bonchev–Trinajstić information content (AvgIpc) is 2.67. The molecule has 0 radical (unpaired) electrons. The Hall–Kier alpha value is -1.26. The highest BCUT2D eigenvalue weighted by Crippen LogP contribution is 2.43. The number of hydrogen-bond acceptors (Lipinski definition) is 3. The molecule has 4 nitrogen and oxygen atoms in total. The van der Waals surface area contributed by atoms with Crippen LogP contribution in [-0.2, 0) is 6.54 Å². The number of nitroso groups, excluding NO2 is 1. The standard InChI is InChI=1S/C13H14Cl2N2O2/c1-2-3-4-7-17-12-8(11(16-19)13(17)18)5-6-9(14)10(12)15/h5-6,18H,2-4,7H2,1H3. The number of hydrogen-bond donors (Lipinski definition) is 1. The third-order valence-corrected chi connectivity index (χ3v) is 3.93. The van der Waals surface area contributed by atoms with Gasteiger partial charge in [-0.1, -0.05) is 43.0 Å². The molecule has 6 heteroatoms. The van der Waals surface area contributed by atoms with Crippen LogP contribution in [-0.4, -0.2) is 9.67 Å². The smallest absolute Gasteiger partial charge is 0.222 e. The van der Waals surface area contributed by atoms with Crippen molar-refractivity contribution in [2.45, 2.75) is 32.7 Å². The van der Waals surface area contributed by atoms with E-state index in [9.17, 15) is 10.0 Å². The summed E-state index contributed by atoms with van der Waals surface area (Å²) in [6, 6.07) is 3.24. The van der Waals surface area contributed by atoms with Crippen molar-refractivity contribution in [1.29, 1.82) is 0 Å². The number of aromatic nitrogens is 1. The van der Waals surface area contributed by atoms with Crippen LogP contribution >= 0.6 is 23.2 Å². The molecule has 0 saturated carbocycles. The van der Waals surface area contributed by atoms with Gasteiger partial charge in [0.25, 0.3) is 0 Å². The highest BCUT2D eigenvalue weighted by Gasteiger charge is 2.20. The number of unbranched alkanes of at least 4 members (excludes halogenated alkanes) is 2. The molecule has 0 unspecified atom stereocenters. The second-order valence-electron chi connectivity index (χ2n) is 4.38. The summed E-state index contributed by atoms with van der Waals surface area (Å²) in [5.74, 6) is -0.148. The van der Waals surface area contributed by atoms with E-state index in [2.05, 4.69) is 12.1 Å². The van der Waals surface area contributed by atoms with Crippen LogP contribution in [0.2, 0.25) is 10.0 Å². The van der Waals surface area contributed by atoms with E-state index in [1.807, 2.05) is 0 Å². The first-order valence-corrected chi connectivity index (χ1v) is 6.89. The molecule has 2 aromatic rings. The lowest BCUT2D eigenvalue weighted by Crippen LogP contribution is -1.97. The molecule has 102 valence electrons. The summed E-state index contributed by atoms with van der Waals surface area (Å²) in [5.41, 5.74) is 0.586. The van der Waals surface area contributed by atoms with Crippen LogP contribution in [0.5, 0.6) is 5.88 Å². The Kier molecular flexibility index (Phi) is 4.32. The van der Waals surface area contributed by atoms with Crippen molar-refractivity contribution < 1.29 is 5.11 Å². The fourth-order valence-corrected chi connectivity index (χ4v) is 2.60. The minimum atomic E-state index is -0.148. The average molecular weight is 301 g/mol. The molecule has 0 amide bonds. The normalized spacial score (nSPS) is 11.1. The van der Waals surface area contributed by atoms with Gasteiger partial charge < -0.3 is 9.67 Å². The van der Waals surface area contributed by atoms with Crippen molar-refractivity contribution in [3.8, 4) is 5.88 Å². The zero-order valence-electron chi connectivity index (χ0n) is 10.5. The Morgan fingerprint density at radius 3 is 2.68 bits per heavy atom. The maximum absolute atomic E-state index is 10.9. The fraction of sp³-hybridized carbons (Fsp3) is 0.385. The topological polar surface area (TPSA) is 54.6 Å². The van der Waals surface area contributed by atoms with E-state index in [-0.39, 0.29) is 11.6 Å². The SMILES string of the molecule is CCCCCn1c(O)c(N=O)c2ccc(Cl)c(Cl)c21. The van der Waals surface area contributed by atoms with Crippen molar-refractivity contribution in [3.05, 3.63) is 27.1 Å². The lowest BCUT2D eigenvalue weighted by molar-refractivity contribution is 0.417. The van der Waals surface area contributed by atoms with E-state index >= 15 is 0 Å². The molecule has 0 aliphatic carbocycles. The molecule has 1 aromatic heterocycles. The number of nitrogens with zero attached hydrogens (tertiary/aromatic N) is 2. The van der Waals surface area contributed by atoms with Gasteiger partial charge in [0.2, 0.25) is 5.88 Å². The number of aryl methyl sites for hydroxylation is 1. The Morgan fingerprint density at radius 1 is 1.32 bits per heavy atom. The summed E-state index contributed by atoms with van der Waals surface area (Å²) in [4.78, 5) is 10.9. The molecule has 0 aliphatic heterocycles. The first-order chi connectivity index (χ1) is 9.11. The molecule has 0 aliphatic rings. The van der Waals surface area contributed by atoms with Crippen LogP contribution < -0.4 is 0 Å². The van der Waals surface area contributed by atoms with Gasteiger partial charge in [0, 0.05) is 11.9 Å². The van der Waals surface area contributed by atoms with Gasteiger partial charge in [-0.15, -0.1) is 4.91 Å². The summed E-state index contributed by atoms with van der Waals surface area (Å²) in [6.07, 6.45) is 2.98. The minimum Gasteiger partial charge on any atom is -0.493 e. The van der Waals surface area contributed by atoms with Gasteiger partial charge in [0.05, 0.1) is 15.6 Å². The number of rotatable bonds is 5. The molecule has 1 N–H and O–H groups in total. The summed E-state index contributed by atoms with van der Waals surface area (Å²) < 4.78 is 1.61. The van der Waals surface area contributed by atoms with E-state index in [4.69, 9.17) is 23.2 Å². The number of aromatic hydroxyl groups is 1. The van der Waals surface area contributed by atoms with Gasteiger partial charge in [0.15, 0.2) is 5.69 Å². The third-order valence-electron chi connectivity index (χ3n) is 3.14. The molecule has 1 heterocycles. The fourth-order valence-electron chi connectivity index (χ4n) is 2.18. The molecule has 0 atom stereocenters. The lowest BCUT2D eigenvalue weighted by Gasteiger charge is -2.08. The molecule has 0 fully saturated rings. The van der Waals surface area contributed by atoms with Gasteiger partial charge in [-0.05, 0) is 23.7 Å². The maximum Gasteiger partial charge on any atom is 0.222 e. The van der Waals surface area contributed by atoms with Gasteiger partial charge in [0.1, 0.15) is 0 Å². The predicted molar refractivity (Wildman–Crippen MR) is 78.6 cm³/mol. The zero-order valence-corrected chi connectivity index (χ0v) is 12.0. The summed E-state index contributed by atoms with van der Waals surface area (Å²) in [7, 11) is 0. The first kappa shape index (κ1) is 14.2. The van der Waals surface area contributed by atoms with Gasteiger partial charge >= 0.3 is 0 Å². The second-order valence-corrected chi connectivity index (χ2v) is 5.16. The van der Waals surface area contributed by atoms with Crippen molar-refractivity contribution in [3.63, 3.8) is 0 Å². The van der Waals surface area contributed by atoms with Crippen molar-refractivity contribution in [2.75, 3.05) is 0 Å². The van der Waals surface area contributed by atoms with E-state index in [1.54, 1.807) is 16.7 Å². The minimum absolute atomic E-state index is 0.0186. The second kappa shape index (κ2) is 5.80. The van der Waals surface area contributed by atoms with Gasteiger partial charge in [-0.3, -0.25) is 0 Å². The summed E-state index contributed by atoms with van der Waals surface area (Å²) >= 11 is 12.2. The Balaban J connectivity index is 2.63. The van der Waals surface area contributed by atoms with Crippen molar-refractivity contribution in [1.82, 2.24) is 4.57 Å². The molecular formula is C13H14Cl2N2O2. The predicted octanol–water partition coefficient (Wildman–Crippen LogP) is 5.24. The highest BCUT2D eigenvalue weighted by molar-refractivity contribution is 6.45. The van der Waals surface area contributed by atoms with E-state index < -0.39 is 0 Å². The van der Waals surface area contributed by atoms with Crippen LogP contribution in [0.1, 0.15) is 26.2 Å². The lowest BCUT2D eigenvalue weighted by atomic mass is 10.2. The van der Waals surface area contributed by atoms with Crippen LogP contribution in [0, 0.1) is 4.91 Å². The Morgan fingerprint density at radius 2 is 2.05 bits per heavy atom. The monoisotopic (exact) mass is 300 g/mol. The highest BCUT2D eigenvalue weighted by atomic mass is 35.5. The maximum atomic E-state index is 10.9. The summed E-state index contributed by atoms with van der Waals surface area (Å²) in [5, 5.41) is 14.2. The third kappa shape index (κ3) is 2.42. The van der Waals surface area contributed by atoms with Crippen molar-refractivity contribution in [2.24, 2.45) is 5.18 Å². The van der Waals surface area contributed by atoms with Crippen LogP contribution in [0.15, 0.2) is 17.3 Å². The van der Waals surface area contributed by atoms with E-state index in [0.717, 1.165) is 19.3 Å². The number of halogens is 2. The molecule has 0 spiro atoms. The van der Waals surface area contributed by atoms with Crippen LogP contribution in [0.25, 0.3) is 10.9 Å². The number of fused-ring (bicyclic) bond motifs is 1. The largest absolute Gasteiger partial charge is 0.493 e. The van der Waals surface area contributed by atoms with Gasteiger partial charge in [-0.25, -0.2) is 0 Å². The number of benzene rings is 1. The quantitative estimate of drug-likeness (QED) is 0.606. The molecule has 0 bridgehead atoms. The molecule has 19 heavy (non-hydrogen) atoms. The molecular weight excluding hydrogens is 287 g/mol. The molecule has 1 aromatic carbocycles. The van der Waals surface area contributed by atoms with Crippen LogP contribution in [0.3, 0.4) is 0 Å². The zero-order chi connectivity index (χ0) is 14.0. The van der Waals surface area contributed by atoms with E-state index in [1.165, 1.54) is 0 Å². The first-order valence-electron chi connectivity index (χ1n) is 6.14. The molecule has 2 rings (SSSR count). The Labute approximate surface area is 120 Å². The van der Waals surface area contributed by atoms with E-state index in [0.29, 0.717) is 27.5 Å². The Bertz CT molecular complexity index is 623. The summed E-state index contributed by atoms with van der Waals surface area (Å²) in [6.45, 7) is 2.67. The molecule has 0 saturated heterocycles.